The minimum Gasteiger partial charge on any atom is -0.317 e. The number of urea groups is 1. The summed E-state index contributed by atoms with van der Waals surface area (Å²) in [6.07, 6.45) is 2.09. The predicted molar refractivity (Wildman–Crippen MR) is 76.7 cm³/mol. The second-order valence-electron chi connectivity index (χ2n) is 5.49. The first-order valence-electron chi connectivity index (χ1n) is 7.26. The van der Waals surface area contributed by atoms with Crippen molar-refractivity contribution in [2.75, 3.05) is 24.5 Å². The van der Waals surface area contributed by atoms with E-state index >= 15 is 0 Å². The van der Waals surface area contributed by atoms with Crippen LogP contribution in [0.15, 0.2) is 18.2 Å². The Balaban J connectivity index is 1.80. The summed E-state index contributed by atoms with van der Waals surface area (Å²) in [5, 5.41) is 5.50. The molecule has 112 valence electrons. The van der Waals surface area contributed by atoms with Gasteiger partial charge < -0.3 is 5.32 Å². The molecule has 3 rings (SSSR count). The molecule has 1 aromatic rings. The molecule has 2 heterocycles. The Morgan fingerprint density at radius 1 is 1.19 bits per heavy atom. The molecule has 3 amide bonds. The summed E-state index contributed by atoms with van der Waals surface area (Å²) in [6.45, 7) is 2.10. The highest BCUT2D eigenvalue weighted by atomic mass is 19.1. The van der Waals surface area contributed by atoms with Crippen LogP contribution in [0.25, 0.3) is 0 Å². The minimum atomic E-state index is -0.486. The maximum atomic E-state index is 14.3. The van der Waals surface area contributed by atoms with E-state index in [-0.39, 0.29) is 30.6 Å². The number of hydrogen-bond acceptors (Lipinski definition) is 3. The molecule has 0 radical (unpaired) electrons. The third-order valence-electron chi connectivity index (χ3n) is 4.13. The van der Waals surface area contributed by atoms with Crippen LogP contribution in [0.2, 0.25) is 0 Å². The maximum Gasteiger partial charge on any atom is 0.328 e. The zero-order valence-corrected chi connectivity index (χ0v) is 11.7. The molecule has 2 saturated heterocycles. The topological polar surface area (TPSA) is 61.4 Å². The van der Waals surface area contributed by atoms with Crippen molar-refractivity contribution >= 4 is 17.6 Å². The summed E-state index contributed by atoms with van der Waals surface area (Å²) in [5.74, 6) is -0.329. The van der Waals surface area contributed by atoms with Crippen molar-refractivity contribution in [2.45, 2.75) is 25.2 Å². The summed E-state index contributed by atoms with van der Waals surface area (Å²) in [6, 6.07) is 4.44. The van der Waals surface area contributed by atoms with E-state index in [1.807, 2.05) is 0 Å². The highest BCUT2D eigenvalue weighted by Gasteiger charge is 2.25. The van der Waals surface area contributed by atoms with Crippen molar-refractivity contribution in [2.24, 2.45) is 0 Å². The van der Waals surface area contributed by atoms with Gasteiger partial charge in [-0.1, -0.05) is 6.07 Å². The third-order valence-corrected chi connectivity index (χ3v) is 4.13. The molecule has 0 aromatic heterocycles. The molecule has 0 aliphatic carbocycles. The predicted octanol–water partition coefficient (Wildman–Crippen LogP) is 1.74. The average Bonchev–Trinajstić information content (AvgIpc) is 2.48. The van der Waals surface area contributed by atoms with Gasteiger partial charge in [0.15, 0.2) is 0 Å². The van der Waals surface area contributed by atoms with Crippen LogP contribution in [0.3, 0.4) is 0 Å². The number of carbonyl (C=O) groups excluding carboxylic acids is 2. The largest absolute Gasteiger partial charge is 0.328 e. The molecule has 0 spiro atoms. The fourth-order valence-corrected chi connectivity index (χ4v) is 2.96. The lowest BCUT2D eigenvalue weighted by molar-refractivity contribution is -0.120. The van der Waals surface area contributed by atoms with Crippen molar-refractivity contribution in [1.29, 1.82) is 0 Å². The zero-order chi connectivity index (χ0) is 14.8. The van der Waals surface area contributed by atoms with Crippen molar-refractivity contribution < 1.29 is 14.0 Å². The first-order valence-corrected chi connectivity index (χ1v) is 7.26. The van der Waals surface area contributed by atoms with E-state index in [4.69, 9.17) is 0 Å². The van der Waals surface area contributed by atoms with Crippen LogP contribution < -0.4 is 15.5 Å². The maximum absolute atomic E-state index is 14.3. The summed E-state index contributed by atoms with van der Waals surface area (Å²) in [5.41, 5.74) is 1.21. The molecule has 2 fully saturated rings. The normalized spacial score (nSPS) is 20.5. The molecule has 1 aromatic carbocycles. The summed E-state index contributed by atoms with van der Waals surface area (Å²) < 4.78 is 14.3. The number of hydrogen-bond donors (Lipinski definition) is 2. The minimum absolute atomic E-state index is 0.233. The number of halogens is 1. The van der Waals surface area contributed by atoms with Crippen LogP contribution in [0.5, 0.6) is 0 Å². The highest BCUT2D eigenvalue weighted by Crippen LogP contribution is 2.30. The number of rotatable bonds is 2. The van der Waals surface area contributed by atoms with Crippen molar-refractivity contribution in [1.82, 2.24) is 10.6 Å². The fraction of sp³-hybridized carbons (Fsp3) is 0.467. The van der Waals surface area contributed by atoms with Gasteiger partial charge in [-0.3, -0.25) is 15.0 Å². The molecule has 2 aliphatic rings. The summed E-state index contributed by atoms with van der Waals surface area (Å²) in [4.78, 5) is 24.3. The van der Waals surface area contributed by atoms with E-state index in [0.29, 0.717) is 11.3 Å². The number of amides is 3. The Morgan fingerprint density at radius 2 is 1.95 bits per heavy atom. The van der Waals surface area contributed by atoms with Gasteiger partial charge in [-0.05, 0) is 49.5 Å². The zero-order valence-electron chi connectivity index (χ0n) is 11.7. The lowest BCUT2D eigenvalue weighted by atomic mass is 9.89. The van der Waals surface area contributed by atoms with Gasteiger partial charge in [0.25, 0.3) is 0 Å². The number of imide groups is 1. The van der Waals surface area contributed by atoms with Crippen LogP contribution in [0, 0.1) is 5.82 Å². The van der Waals surface area contributed by atoms with Crippen LogP contribution in [-0.4, -0.2) is 31.6 Å². The molecule has 6 heteroatoms. The summed E-state index contributed by atoms with van der Waals surface area (Å²) >= 11 is 0. The molecule has 0 atom stereocenters. The van der Waals surface area contributed by atoms with Gasteiger partial charge in [0.1, 0.15) is 5.82 Å². The molecular formula is C15H18FN3O2. The van der Waals surface area contributed by atoms with E-state index in [0.717, 1.165) is 25.9 Å². The van der Waals surface area contributed by atoms with Gasteiger partial charge >= 0.3 is 6.03 Å². The van der Waals surface area contributed by atoms with Gasteiger partial charge in [-0.25, -0.2) is 9.18 Å². The molecule has 2 N–H and O–H groups in total. The lowest BCUT2D eigenvalue weighted by Gasteiger charge is -2.28. The third kappa shape index (κ3) is 2.90. The van der Waals surface area contributed by atoms with E-state index < -0.39 is 6.03 Å². The van der Waals surface area contributed by atoms with Gasteiger partial charge in [0.05, 0.1) is 0 Å². The second kappa shape index (κ2) is 5.81. The SMILES string of the molecule is O=C1CCN(c2ccc(C3CCNCC3)c(F)c2)C(=O)N1. The number of nitrogens with zero attached hydrogens (tertiary/aromatic N) is 1. The molecular weight excluding hydrogens is 273 g/mol. The van der Waals surface area contributed by atoms with Crippen LogP contribution >= 0.6 is 0 Å². The second-order valence-corrected chi connectivity index (χ2v) is 5.49. The van der Waals surface area contributed by atoms with E-state index in [9.17, 15) is 14.0 Å². The van der Waals surface area contributed by atoms with Crippen molar-refractivity contribution in [3.63, 3.8) is 0 Å². The van der Waals surface area contributed by atoms with Gasteiger partial charge in [0.2, 0.25) is 5.91 Å². The Bertz CT molecular complexity index is 570. The van der Waals surface area contributed by atoms with Crippen LogP contribution in [0.1, 0.15) is 30.7 Å². The molecule has 0 unspecified atom stereocenters. The fourth-order valence-electron chi connectivity index (χ4n) is 2.96. The van der Waals surface area contributed by atoms with Crippen molar-refractivity contribution in [3.8, 4) is 0 Å². The Hall–Kier alpha value is -1.95. The molecule has 21 heavy (non-hydrogen) atoms. The number of anilines is 1. The number of benzene rings is 1. The van der Waals surface area contributed by atoms with Crippen LogP contribution in [0.4, 0.5) is 14.9 Å². The van der Waals surface area contributed by atoms with Gasteiger partial charge in [0, 0.05) is 18.7 Å². The highest BCUT2D eigenvalue weighted by molar-refractivity contribution is 6.05. The van der Waals surface area contributed by atoms with E-state index in [1.54, 1.807) is 12.1 Å². The van der Waals surface area contributed by atoms with Gasteiger partial charge in [-0.15, -0.1) is 0 Å². The molecule has 5 nitrogen and oxygen atoms in total. The molecule has 0 saturated carbocycles. The lowest BCUT2D eigenvalue weighted by Crippen LogP contribution is -2.49. The molecule has 0 bridgehead atoms. The Kier molecular flexibility index (Phi) is 3.88. The number of nitrogens with one attached hydrogen (secondary N) is 2. The average molecular weight is 291 g/mol. The number of piperidine rings is 1. The Morgan fingerprint density at radius 3 is 2.62 bits per heavy atom. The van der Waals surface area contributed by atoms with Crippen molar-refractivity contribution in [3.05, 3.63) is 29.6 Å². The first kappa shape index (κ1) is 14.0. The molecule has 2 aliphatic heterocycles. The van der Waals surface area contributed by atoms with Gasteiger partial charge in [-0.2, -0.15) is 0 Å². The monoisotopic (exact) mass is 291 g/mol. The smallest absolute Gasteiger partial charge is 0.317 e. The van der Waals surface area contributed by atoms with E-state index in [2.05, 4.69) is 10.6 Å². The van der Waals surface area contributed by atoms with E-state index in [1.165, 1.54) is 11.0 Å². The quantitative estimate of drug-likeness (QED) is 0.872. The standard InChI is InChI=1S/C15H18FN3O2/c16-13-9-11(19-8-5-14(20)18-15(19)21)1-2-12(13)10-3-6-17-7-4-10/h1-2,9-10,17H,3-8H2,(H,18,20,21). The van der Waals surface area contributed by atoms with Crippen LogP contribution in [-0.2, 0) is 4.79 Å². The Labute approximate surface area is 122 Å². The summed E-state index contributed by atoms with van der Waals surface area (Å²) in [7, 11) is 0. The number of carbonyl (C=O) groups is 2. The first-order chi connectivity index (χ1) is 10.1.